The SMILES string of the molecule is O=C(O)C1CNC(O)C(O)C1. The monoisotopic (exact) mass is 161 g/mol. The van der Waals surface area contributed by atoms with E-state index in [1.54, 1.807) is 0 Å². The van der Waals surface area contributed by atoms with Crippen molar-refractivity contribution in [2.45, 2.75) is 18.8 Å². The van der Waals surface area contributed by atoms with E-state index in [2.05, 4.69) is 5.32 Å². The highest BCUT2D eigenvalue weighted by Crippen LogP contribution is 2.13. The second-order valence-electron chi connectivity index (χ2n) is 2.69. The number of piperidine rings is 1. The fourth-order valence-electron chi connectivity index (χ4n) is 1.09. The Kier molecular flexibility index (Phi) is 2.43. The third kappa shape index (κ3) is 1.89. The molecule has 0 bridgehead atoms. The van der Waals surface area contributed by atoms with Gasteiger partial charge in [0.2, 0.25) is 0 Å². The average Bonchev–Trinajstić information content (AvgIpc) is 1.94. The topological polar surface area (TPSA) is 89.8 Å². The lowest BCUT2D eigenvalue weighted by Gasteiger charge is -2.28. The van der Waals surface area contributed by atoms with Crippen LogP contribution in [0.3, 0.4) is 0 Å². The third-order valence-electron chi connectivity index (χ3n) is 1.81. The average molecular weight is 161 g/mol. The summed E-state index contributed by atoms with van der Waals surface area (Å²) in [5.41, 5.74) is 0. The number of rotatable bonds is 1. The number of carboxylic acid groups (broad SMARTS) is 1. The van der Waals surface area contributed by atoms with E-state index in [4.69, 9.17) is 15.3 Å². The molecule has 0 amide bonds. The number of nitrogens with one attached hydrogen (secondary N) is 1. The Morgan fingerprint density at radius 1 is 1.45 bits per heavy atom. The second-order valence-corrected chi connectivity index (χ2v) is 2.69. The molecule has 0 aromatic rings. The van der Waals surface area contributed by atoms with Crippen LogP contribution in [-0.4, -0.2) is 40.2 Å². The van der Waals surface area contributed by atoms with E-state index in [1.807, 2.05) is 0 Å². The first kappa shape index (κ1) is 8.45. The molecule has 0 aliphatic carbocycles. The van der Waals surface area contributed by atoms with Crippen molar-refractivity contribution in [2.24, 2.45) is 5.92 Å². The number of carboxylic acids is 1. The summed E-state index contributed by atoms with van der Waals surface area (Å²) in [4.78, 5) is 10.4. The largest absolute Gasteiger partial charge is 0.481 e. The summed E-state index contributed by atoms with van der Waals surface area (Å²) in [5.74, 6) is -1.53. The first-order chi connectivity index (χ1) is 5.11. The normalized spacial score (nSPS) is 38.5. The molecule has 1 fully saturated rings. The van der Waals surface area contributed by atoms with Crippen LogP contribution < -0.4 is 5.32 Å². The van der Waals surface area contributed by atoms with Crippen molar-refractivity contribution in [1.82, 2.24) is 5.32 Å². The third-order valence-corrected chi connectivity index (χ3v) is 1.81. The molecule has 5 heteroatoms. The molecule has 11 heavy (non-hydrogen) atoms. The fraction of sp³-hybridized carbons (Fsp3) is 0.833. The summed E-state index contributed by atoms with van der Waals surface area (Å²) in [6.45, 7) is 0.216. The Morgan fingerprint density at radius 2 is 2.09 bits per heavy atom. The van der Waals surface area contributed by atoms with Crippen LogP contribution in [0.2, 0.25) is 0 Å². The van der Waals surface area contributed by atoms with Gasteiger partial charge in [0.25, 0.3) is 0 Å². The van der Waals surface area contributed by atoms with Gasteiger partial charge in [0, 0.05) is 6.54 Å². The van der Waals surface area contributed by atoms with Gasteiger partial charge in [-0.3, -0.25) is 10.1 Å². The predicted molar refractivity (Wildman–Crippen MR) is 35.8 cm³/mol. The Morgan fingerprint density at radius 3 is 2.55 bits per heavy atom. The van der Waals surface area contributed by atoms with Gasteiger partial charge in [0.1, 0.15) is 6.23 Å². The highest BCUT2D eigenvalue weighted by Gasteiger charge is 2.30. The quantitative estimate of drug-likeness (QED) is 0.370. The van der Waals surface area contributed by atoms with E-state index in [1.165, 1.54) is 0 Å². The minimum atomic E-state index is -0.981. The van der Waals surface area contributed by atoms with Crippen LogP contribution >= 0.6 is 0 Å². The summed E-state index contributed by atoms with van der Waals surface area (Å²) in [5, 5.41) is 28.9. The molecular formula is C6H11NO4. The van der Waals surface area contributed by atoms with Gasteiger partial charge in [-0.25, -0.2) is 0 Å². The molecule has 3 unspecified atom stereocenters. The molecule has 4 N–H and O–H groups in total. The van der Waals surface area contributed by atoms with Crippen LogP contribution in [0, 0.1) is 5.92 Å². The molecule has 1 heterocycles. The minimum Gasteiger partial charge on any atom is -0.481 e. The lowest BCUT2D eigenvalue weighted by molar-refractivity contribution is -0.146. The smallest absolute Gasteiger partial charge is 0.307 e. The maximum Gasteiger partial charge on any atom is 0.307 e. The summed E-state index contributed by atoms with van der Waals surface area (Å²) in [6, 6.07) is 0. The molecule has 0 aromatic carbocycles. The van der Waals surface area contributed by atoms with Crippen molar-refractivity contribution in [3.05, 3.63) is 0 Å². The van der Waals surface area contributed by atoms with Gasteiger partial charge >= 0.3 is 5.97 Å². The minimum absolute atomic E-state index is 0.115. The van der Waals surface area contributed by atoms with Crippen LogP contribution in [-0.2, 0) is 4.79 Å². The molecule has 3 atom stereocenters. The zero-order valence-corrected chi connectivity index (χ0v) is 5.90. The molecule has 5 nitrogen and oxygen atoms in total. The molecule has 0 aromatic heterocycles. The molecule has 64 valence electrons. The molecule has 0 radical (unpaired) electrons. The second kappa shape index (κ2) is 3.17. The first-order valence-corrected chi connectivity index (χ1v) is 3.43. The van der Waals surface area contributed by atoms with Crippen molar-refractivity contribution >= 4 is 5.97 Å². The summed E-state index contributed by atoms with van der Waals surface area (Å²) in [7, 11) is 0. The number of hydrogen-bond acceptors (Lipinski definition) is 4. The number of carbonyl (C=O) groups is 1. The maximum absolute atomic E-state index is 10.4. The number of hydrogen-bond donors (Lipinski definition) is 4. The maximum atomic E-state index is 10.4. The fourth-order valence-corrected chi connectivity index (χ4v) is 1.09. The van der Waals surface area contributed by atoms with Gasteiger partial charge < -0.3 is 15.3 Å². The number of aliphatic hydroxyl groups is 2. The Hall–Kier alpha value is -0.650. The van der Waals surface area contributed by atoms with Gasteiger partial charge in [-0.1, -0.05) is 0 Å². The van der Waals surface area contributed by atoms with E-state index < -0.39 is 24.2 Å². The Bertz CT molecular complexity index is 161. The number of aliphatic carboxylic acids is 1. The Balaban J connectivity index is 2.46. The van der Waals surface area contributed by atoms with Crippen LogP contribution in [0.4, 0.5) is 0 Å². The van der Waals surface area contributed by atoms with E-state index in [0.717, 1.165) is 0 Å². The van der Waals surface area contributed by atoms with Crippen LogP contribution in [0.15, 0.2) is 0 Å². The summed E-state index contributed by atoms with van der Waals surface area (Å²) >= 11 is 0. The zero-order chi connectivity index (χ0) is 8.43. The van der Waals surface area contributed by atoms with E-state index in [9.17, 15) is 4.79 Å². The van der Waals surface area contributed by atoms with Crippen LogP contribution in [0.1, 0.15) is 6.42 Å². The van der Waals surface area contributed by atoms with Gasteiger partial charge in [-0.2, -0.15) is 0 Å². The van der Waals surface area contributed by atoms with Gasteiger partial charge in [0.05, 0.1) is 12.0 Å². The highest BCUT2D eigenvalue weighted by atomic mass is 16.4. The number of aliphatic hydroxyl groups excluding tert-OH is 2. The molecule has 1 aliphatic rings. The van der Waals surface area contributed by atoms with E-state index in [-0.39, 0.29) is 13.0 Å². The van der Waals surface area contributed by atoms with Crippen molar-refractivity contribution in [2.75, 3.05) is 6.54 Å². The zero-order valence-electron chi connectivity index (χ0n) is 5.90. The Labute approximate surface area is 63.7 Å². The molecule has 1 rings (SSSR count). The molecule has 1 saturated heterocycles. The lowest BCUT2D eigenvalue weighted by atomic mass is 9.97. The first-order valence-electron chi connectivity index (χ1n) is 3.43. The van der Waals surface area contributed by atoms with E-state index >= 15 is 0 Å². The summed E-state index contributed by atoms with van der Waals surface area (Å²) < 4.78 is 0. The predicted octanol–water partition coefficient (Wildman–Crippen LogP) is -1.64. The molecule has 0 spiro atoms. The van der Waals surface area contributed by atoms with Gasteiger partial charge in [-0.15, -0.1) is 0 Å². The van der Waals surface area contributed by atoms with E-state index in [0.29, 0.717) is 0 Å². The highest BCUT2D eigenvalue weighted by molar-refractivity contribution is 5.70. The van der Waals surface area contributed by atoms with Crippen LogP contribution in [0.25, 0.3) is 0 Å². The standard InChI is InChI=1S/C6H11NO4/c8-4-1-3(6(10)11)2-7-5(4)9/h3-5,7-9H,1-2H2,(H,10,11). The lowest BCUT2D eigenvalue weighted by Crippen LogP contribution is -2.50. The van der Waals surface area contributed by atoms with Gasteiger partial charge in [0.15, 0.2) is 0 Å². The molecule has 1 aliphatic heterocycles. The van der Waals surface area contributed by atoms with Gasteiger partial charge in [-0.05, 0) is 6.42 Å². The van der Waals surface area contributed by atoms with Crippen molar-refractivity contribution in [1.29, 1.82) is 0 Å². The van der Waals surface area contributed by atoms with Crippen molar-refractivity contribution < 1.29 is 20.1 Å². The summed E-state index contributed by atoms with van der Waals surface area (Å²) in [6.07, 6.45) is -1.83. The van der Waals surface area contributed by atoms with Crippen molar-refractivity contribution in [3.63, 3.8) is 0 Å². The molecule has 0 saturated carbocycles. The van der Waals surface area contributed by atoms with Crippen LogP contribution in [0.5, 0.6) is 0 Å². The van der Waals surface area contributed by atoms with Crippen molar-refractivity contribution in [3.8, 4) is 0 Å². The molecular weight excluding hydrogens is 150 g/mol.